The lowest BCUT2D eigenvalue weighted by Gasteiger charge is -2.28. The van der Waals surface area contributed by atoms with Crippen molar-refractivity contribution in [1.29, 1.82) is 0 Å². The van der Waals surface area contributed by atoms with Crippen LogP contribution in [0.15, 0.2) is 0 Å². The maximum atomic E-state index is 8.93. The summed E-state index contributed by atoms with van der Waals surface area (Å²) >= 11 is 0. The predicted molar refractivity (Wildman–Crippen MR) is 69.5 cm³/mol. The Hall–Kier alpha value is -0.0800. The fraction of sp³-hybridized carbons (Fsp3) is 1.00. The van der Waals surface area contributed by atoms with Gasteiger partial charge in [-0.25, -0.2) is 0 Å². The highest BCUT2D eigenvalue weighted by Crippen LogP contribution is 2.30. The molecule has 0 amide bonds. The summed E-state index contributed by atoms with van der Waals surface area (Å²) in [6, 6.07) is 0. The van der Waals surface area contributed by atoms with Crippen LogP contribution in [0.3, 0.4) is 0 Å². The van der Waals surface area contributed by atoms with Crippen molar-refractivity contribution < 1.29 is 5.11 Å². The number of aliphatic hydroxyl groups excluding tert-OH is 1. The van der Waals surface area contributed by atoms with Gasteiger partial charge in [0.25, 0.3) is 0 Å². The molecule has 1 aliphatic carbocycles. The van der Waals surface area contributed by atoms with Crippen molar-refractivity contribution >= 4 is 0 Å². The molecule has 16 heavy (non-hydrogen) atoms. The Bertz CT molecular complexity index is 164. The quantitative estimate of drug-likeness (QED) is 0.701. The van der Waals surface area contributed by atoms with Crippen LogP contribution in [0.4, 0.5) is 0 Å². The third kappa shape index (κ3) is 5.31. The van der Waals surface area contributed by atoms with Crippen LogP contribution in [-0.4, -0.2) is 24.8 Å². The summed E-state index contributed by atoms with van der Waals surface area (Å²) in [5, 5.41) is 12.4. The second-order valence-corrected chi connectivity index (χ2v) is 5.62. The van der Waals surface area contributed by atoms with Gasteiger partial charge in [0.1, 0.15) is 0 Å². The van der Waals surface area contributed by atoms with Crippen LogP contribution >= 0.6 is 0 Å². The molecule has 1 unspecified atom stereocenters. The van der Waals surface area contributed by atoms with Crippen LogP contribution in [0, 0.1) is 17.8 Å². The van der Waals surface area contributed by atoms with Crippen molar-refractivity contribution in [1.82, 2.24) is 5.32 Å². The molecule has 1 atom stereocenters. The van der Waals surface area contributed by atoms with E-state index in [1.807, 2.05) is 0 Å². The van der Waals surface area contributed by atoms with Crippen molar-refractivity contribution in [2.24, 2.45) is 17.8 Å². The molecule has 2 heteroatoms. The number of aliphatic hydroxyl groups is 1. The molecule has 0 aliphatic heterocycles. The first-order valence-electron chi connectivity index (χ1n) is 7.07. The first kappa shape index (κ1) is 14.0. The van der Waals surface area contributed by atoms with Crippen molar-refractivity contribution in [3.8, 4) is 0 Å². The summed E-state index contributed by atoms with van der Waals surface area (Å²) in [6.45, 7) is 6.81. The summed E-state index contributed by atoms with van der Waals surface area (Å²) in [4.78, 5) is 0. The van der Waals surface area contributed by atoms with Crippen LogP contribution in [0.25, 0.3) is 0 Å². The summed E-state index contributed by atoms with van der Waals surface area (Å²) in [6.07, 6.45) is 8.48. The highest BCUT2D eigenvalue weighted by molar-refractivity contribution is 4.74. The zero-order valence-electron chi connectivity index (χ0n) is 11.0. The topological polar surface area (TPSA) is 32.3 Å². The van der Waals surface area contributed by atoms with Gasteiger partial charge in [-0.05, 0) is 43.7 Å². The maximum absolute atomic E-state index is 8.93. The van der Waals surface area contributed by atoms with Gasteiger partial charge in [0, 0.05) is 6.61 Å². The van der Waals surface area contributed by atoms with E-state index in [1.54, 1.807) is 0 Å². The molecule has 1 fully saturated rings. The van der Waals surface area contributed by atoms with E-state index in [0.717, 1.165) is 24.9 Å². The minimum absolute atomic E-state index is 0.302. The smallest absolute Gasteiger partial charge is 0.0468 e. The molecule has 2 N–H and O–H groups in total. The monoisotopic (exact) mass is 227 g/mol. The average Bonchev–Trinajstić information content (AvgIpc) is 2.31. The van der Waals surface area contributed by atoms with Crippen LogP contribution in [0.2, 0.25) is 0 Å². The van der Waals surface area contributed by atoms with Crippen LogP contribution < -0.4 is 5.32 Å². The standard InChI is InChI=1S/C14H29NO/c1-3-4-13-5-7-14(8-6-13)10-15-9-12(2)11-16/h12-16H,3-11H2,1-2H3. The molecule has 0 heterocycles. The van der Waals surface area contributed by atoms with Crippen LogP contribution in [0.5, 0.6) is 0 Å². The Kier molecular flexibility index (Phi) is 7.06. The average molecular weight is 227 g/mol. The van der Waals surface area contributed by atoms with Gasteiger partial charge < -0.3 is 10.4 Å². The Morgan fingerprint density at radius 1 is 1.19 bits per heavy atom. The molecule has 1 rings (SSSR count). The molecule has 2 nitrogen and oxygen atoms in total. The Morgan fingerprint density at radius 2 is 1.81 bits per heavy atom. The van der Waals surface area contributed by atoms with E-state index in [9.17, 15) is 0 Å². The molecular weight excluding hydrogens is 198 g/mol. The summed E-state index contributed by atoms with van der Waals surface area (Å²) in [7, 11) is 0. The van der Waals surface area contributed by atoms with E-state index in [-0.39, 0.29) is 0 Å². The van der Waals surface area contributed by atoms with E-state index in [2.05, 4.69) is 19.2 Å². The van der Waals surface area contributed by atoms with Gasteiger partial charge in [0.2, 0.25) is 0 Å². The molecule has 96 valence electrons. The fourth-order valence-corrected chi connectivity index (χ4v) is 2.73. The second kappa shape index (κ2) is 8.08. The number of hydrogen-bond donors (Lipinski definition) is 2. The van der Waals surface area contributed by atoms with Crippen LogP contribution in [-0.2, 0) is 0 Å². The Morgan fingerprint density at radius 3 is 2.38 bits per heavy atom. The van der Waals surface area contributed by atoms with E-state index in [1.165, 1.54) is 38.5 Å². The molecule has 0 spiro atoms. The molecule has 0 saturated heterocycles. The normalized spacial score (nSPS) is 27.9. The van der Waals surface area contributed by atoms with Gasteiger partial charge in [-0.1, -0.05) is 39.5 Å². The minimum atomic E-state index is 0.302. The molecular formula is C14H29NO. The summed E-state index contributed by atoms with van der Waals surface area (Å²) in [5.41, 5.74) is 0. The van der Waals surface area contributed by atoms with Gasteiger partial charge in [0.15, 0.2) is 0 Å². The fourth-order valence-electron chi connectivity index (χ4n) is 2.73. The lowest BCUT2D eigenvalue weighted by molar-refractivity contribution is 0.222. The molecule has 1 saturated carbocycles. The Balaban J connectivity index is 2.03. The van der Waals surface area contributed by atoms with Crippen molar-refractivity contribution in [3.63, 3.8) is 0 Å². The number of hydrogen-bond acceptors (Lipinski definition) is 2. The largest absolute Gasteiger partial charge is 0.396 e. The number of nitrogens with one attached hydrogen (secondary N) is 1. The molecule has 0 aromatic heterocycles. The molecule has 0 aromatic rings. The van der Waals surface area contributed by atoms with E-state index in [4.69, 9.17) is 5.11 Å². The zero-order valence-corrected chi connectivity index (χ0v) is 11.0. The maximum Gasteiger partial charge on any atom is 0.0468 e. The Labute approximate surface area is 101 Å². The first-order chi connectivity index (χ1) is 7.76. The lowest BCUT2D eigenvalue weighted by atomic mass is 9.80. The third-order valence-corrected chi connectivity index (χ3v) is 3.90. The molecule has 0 bridgehead atoms. The van der Waals surface area contributed by atoms with Crippen molar-refractivity contribution in [2.45, 2.75) is 52.4 Å². The third-order valence-electron chi connectivity index (χ3n) is 3.90. The summed E-state index contributed by atoms with van der Waals surface area (Å²) < 4.78 is 0. The zero-order chi connectivity index (χ0) is 11.8. The minimum Gasteiger partial charge on any atom is -0.396 e. The van der Waals surface area contributed by atoms with Gasteiger partial charge in [-0.2, -0.15) is 0 Å². The van der Waals surface area contributed by atoms with Crippen molar-refractivity contribution in [2.75, 3.05) is 19.7 Å². The first-order valence-corrected chi connectivity index (χ1v) is 7.07. The predicted octanol–water partition coefficient (Wildman–Crippen LogP) is 2.81. The lowest BCUT2D eigenvalue weighted by Crippen LogP contribution is -2.30. The van der Waals surface area contributed by atoms with E-state index >= 15 is 0 Å². The summed E-state index contributed by atoms with van der Waals surface area (Å²) in [5.74, 6) is 2.30. The second-order valence-electron chi connectivity index (χ2n) is 5.62. The van der Waals surface area contributed by atoms with Gasteiger partial charge in [0.05, 0.1) is 0 Å². The van der Waals surface area contributed by atoms with E-state index < -0.39 is 0 Å². The van der Waals surface area contributed by atoms with E-state index in [0.29, 0.717) is 12.5 Å². The molecule has 0 radical (unpaired) electrons. The van der Waals surface area contributed by atoms with Crippen molar-refractivity contribution in [3.05, 3.63) is 0 Å². The van der Waals surface area contributed by atoms with Gasteiger partial charge in [-0.15, -0.1) is 0 Å². The highest BCUT2D eigenvalue weighted by Gasteiger charge is 2.20. The van der Waals surface area contributed by atoms with Gasteiger partial charge in [-0.3, -0.25) is 0 Å². The van der Waals surface area contributed by atoms with Crippen LogP contribution in [0.1, 0.15) is 52.4 Å². The van der Waals surface area contributed by atoms with Gasteiger partial charge >= 0.3 is 0 Å². The molecule has 1 aliphatic rings. The number of rotatable bonds is 7. The highest BCUT2D eigenvalue weighted by atomic mass is 16.3. The SMILES string of the molecule is CCCC1CCC(CNCC(C)CO)CC1. The molecule has 0 aromatic carbocycles.